The van der Waals surface area contributed by atoms with Gasteiger partial charge in [-0.3, -0.25) is 4.79 Å². The molecule has 0 saturated carbocycles. The SMILES string of the molecule is O=Cc1ccc([Si](c2ccccc2)(c2ccccc2)c2ccc(-c3scc4c3OCCO4)cc2)cc1. The number of carbonyl (C=O) groups is 1. The van der Waals surface area contributed by atoms with Gasteiger partial charge in [-0.25, -0.2) is 0 Å². The topological polar surface area (TPSA) is 35.5 Å². The molecule has 0 bridgehead atoms. The molecule has 0 N–H and O–H groups in total. The van der Waals surface area contributed by atoms with Crippen molar-refractivity contribution in [1.29, 1.82) is 0 Å². The average molecular weight is 505 g/mol. The molecule has 176 valence electrons. The van der Waals surface area contributed by atoms with Gasteiger partial charge in [-0.05, 0) is 26.3 Å². The van der Waals surface area contributed by atoms with Crippen molar-refractivity contribution >= 4 is 46.4 Å². The number of hydrogen-bond acceptors (Lipinski definition) is 4. The molecule has 3 nitrogen and oxygen atoms in total. The van der Waals surface area contributed by atoms with Gasteiger partial charge in [0.2, 0.25) is 0 Å². The second-order valence-corrected chi connectivity index (χ2v) is 13.4. The van der Waals surface area contributed by atoms with Crippen LogP contribution in [0.25, 0.3) is 10.4 Å². The van der Waals surface area contributed by atoms with Gasteiger partial charge in [0.05, 0.1) is 4.88 Å². The normalized spacial score (nSPS) is 12.8. The summed E-state index contributed by atoms with van der Waals surface area (Å²) in [6.07, 6.45) is 0.903. The molecule has 0 atom stereocenters. The Morgan fingerprint density at radius 2 is 1.17 bits per heavy atom. The molecule has 6 rings (SSSR count). The summed E-state index contributed by atoms with van der Waals surface area (Å²) in [7, 11) is -2.64. The Hall–Kier alpha value is -3.93. The van der Waals surface area contributed by atoms with Gasteiger partial charge < -0.3 is 9.47 Å². The molecule has 4 aromatic carbocycles. The molecular weight excluding hydrogens is 480 g/mol. The number of aldehydes is 1. The van der Waals surface area contributed by atoms with Crippen molar-refractivity contribution in [3.05, 3.63) is 120 Å². The van der Waals surface area contributed by atoms with Gasteiger partial charge in [0.15, 0.2) is 19.6 Å². The molecule has 0 aliphatic carbocycles. The first kappa shape index (κ1) is 22.5. The smallest absolute Gasteiger partial charge is 0.179 e. The fourth-order valence-corrected chi connectivity index (χ4v) is 10.8. The van der Waals surface area contributed by atoms with E-state index in [0.29, 0.717) is 18.8 Å². The first-order valence-corrected chi connectivity index (χ1v) is 14.8. The predicted octanol–water partition coefficient (Wildman–Crippen LogP) is 4.38. The quantitative estimate of drug-likeness (QED) is 0.196. The first-order chi connectivity index (χ1) is 17.8. The van der Waals surface area contributed by atoms with Crippen molar-refractivity contribution in [1.82, 2.24) is 0 Å². The summed E-state index contributed by atoms with van der Waals surface area (Å²) in [5, 5.41) is 7.15. The summed E-state index contributed by atoms with van der Waals surface area (Å²) in [6.45, 7) is 1.16. The molecule has 0 fully saturated rings. The van der Waals surface area contributed by atoms with Gasteiger partial charge in [-0.1, -0.05) is 109 Å². The molecule has 1 aliphatic rings. The Balaban J connectivity index is 1.57. The molecule has 5 heteroatoms. The second-order valence-electron chi connectivity index (χ2n) is 8.75. The average Bonchev–Trinajstić information content (AvgIpc) is 3.40. The first-order valence-electron chi connectivity index (χ1n) is 12.0. The molecule has 1 aromatic heterocycles. The second kappa shape index (κ2) is 9.61. The van der Waals surface area contributed by atoms with E-state index >= 15 is 0 Å². The Morgan fingerprint density at radius 3 is 1.75 bits per heavy atom. The summed E-state index contributed by atoms with van der Waals surface area (Å²) in [4.78, 5) is 12.5. The van der Waals surface area contributed by atoms with Crippen LogP contribution in [0.15, 0.2) is 115 Å². The third kappa shape index (κ3) is 3.77. The van der Waals surface area contributed by atoms with Gasteiger partial charge in [0.1, 0.15) is 19.5 Å². The minimum absolute atomic E-state index is 0.573. The minimum atomic E-state index is -2.64. The van der Waals surface area contributed by atoms with E-state index in [1.807, 2.05) is 17.5 Å². The van der Waals surface area contributed by atoms with Crippen LogP contribution in [0.4, 0.5) is 0 Å². The van der Waals surface area contributed by atoms with E-state index in [1.165, 1.54) is 20.7 Å². The highest BCUT2D eigenvalue weighted by atomic mass is 32.1. The third-order valence-corrected chi connectivity index (χ3v) is 12.6. The summed E-state index contributed by atoms with van der Waals surface area (Å²) < 4.78 is 11.7. The zero-order chi connectivity index (χ0) is 24.4. The third-order valence-electron chi connectivity index (χ3n) is 6.77. The Morgan fingerprint density at radius 1 is 0.639 bits per heavy atom. The highest BCUT2D eigenvalue weighted by Crippen LogP contribution is 2.45. The zero-order valence-corrected chi connectivity index (χ0v) is 21.4. The Labute approximate surface area is 215 Å². The lowest BCUT2D eigenvalue weighted by Gasteiger charge is -2.34. The molecule has 0 amide bonds. The molecule has 36 heavy (non-hydrogen) atoms. The maximum absolute atomic E-state index is 11.4. The monoisotopic (exact) mass is 504 g/mol. The predicted molar refractivity (Wildman–Crippen MR) is 150 cm³/mol. The van der Waals surface area contributed by atoms with E-state index in [0.717, 1.165) is 28.2 Å². The maximum Gasteiger partial charge on any atom is 0.179 e. The van der Waals surface area contributed by atoms with Gasteiger partial charge in [-0.15, -0.1) is 11.3 Å². The summed E-state index contributed by atoms with van der Waals surface area (Å²) >= 11 is 1.65. The lowest BCUT2D eigenvalue weighted by Crippen LogP contribution is -2.74. The molecular formula is C31H24O3SSi. The Kier molecular flexibility index (Phi) is 6.01. The van der Waals surface area contributed by atoms with E-state index in [4.69, 9.17) is 9.47 Å². The summed E-state index contributed by atoms with van der Waals surface area (Å²) in [6, 6.07) is 38.6. The highest BCUT2D eigenvalue weighted by Gasteiger charge is 2.41. The highest BCUT2D eigenvalue weighted by molar-refractivity contribution is 7.20. The number of rotatable bonds is 6. The molecule has 2 heterocycles. The van der Waals surface area contributed by atoms with Crippen LogP contribution in [0.2, 0.25) is 0 Å². The van der Waals surface area contributed by atoms with Crippen LogP contribution in [0, 0.1) is 0 Å². The van der Waals surface area contributed by atoms with Crippen molar-refractivity contribution in [2.75, 3.05) is 13.2 Å². The van der Waals surface area contributed by atoms with Crippen LogP contribution >= 0.6 is 11.3 Å². The van der Waals surface area contributed by atoms with Crippen molar-refractivity contribution in [3.63, 3.8) is 0 Å². The molecule has 0 saturated heterocycles. The summed E-state index contributed by atoms with van der Waals surface area (Å²) in [5.41, 5.74) is 1.80. The van der Waals surface area contributed by atoms with Gasteiger partial charge in [-0.2, -0.15) is 0 Å². The van der Waals surface area contributed by atoms with Crippen LogP contribution in [-0.4, -0.2) is 27.6 Å². The minimum Gasteiger partial charge on any atom is -0.485 e. The number of fused-ring (bicyclic) bond motifs is 1. The number of benzene rings is 4. The van der Waals surface area contributed by atoms with Crippen LogP contribution in [0.1, 0.15) is 10.4 Å². The number of hydrogen-bond donors (Lipinski definition) is 0. The largest absolute Gasteiger partial charge is 0.485 e. The Bertz CT molecular complexity index is 1440. The summed E-state index contributed by atoms with van der Waals surface area (Å²) in [5.74, 6) is 1.68. The molecule has 1 aliphatic heterocycles. The van der Waals surface area contributed by atoms with Gasteiger partial charge in [0.25, 0.3) is 0 Å². The maximum atomic E-state index is 11.4. The lowest BCUT2D eigenvalue weighted by atomic mass is 10.2. The van der Waals surface area contributed by atoms with E-state index in [-0.39, 0.29) is 0 Å². The van der Waals surface area contributed by atoms with Crippen LogP contribution in [-0.2, 0) is 0 Å². The standard InChI is InChI=1S/C31H24O3SSi/c32-21-23-11-15-27(16-12-23)36(25-7-3-1-4-8-25,26-9-5-2-6-10-26)28-17-13-24(14-18-28)31-30-29(22-35-31)33-19-20-34-30/h1-18,21-22H,19-20H2. The lowest BCUT2D eigenvalue weighted by molar-refractivity contribution is 0.112. The van der Waals surface area contributed by atoms with E-state index < -0.39 is 8.07 Å². The molecule has 5 aromatic rings. The van der Waals surface area contributed by atoms with Crippen LogP contribution < -0.4 is 30.2 Å². The number of carbonyl (C=O) groups excluding carboxylic acids is 1. The van der Waals surface area contributed by atoms with Crippen molar-refractivity contribution in [3.8, 4) is 21.9 Å². The van der Waals surface area contributed by atoms with E-state index in [9.17, 15) is 4.79 Å². The van der Waals surface area contributed by atoms with Crippen LogP contribution in [0.3, 0.4) is 0 Å². The van der Waals surface area contributed by atoms with Crippen LogP contribution in [0.5, 0.6) is 11.5 Å². The van der Waals surface area contributed by atoms with E-state index in [1.54, 1.807) is 11.3 Å². The molecule has 0 radical (unpaired) electrons. The van der Waals surface area contributed by atoms with Crippen molar-refractivity contribution in [2.45, 2.75) is 0 Å². The molecule has 0 spiro atoms. The van der Waals surface area contributed by atoms with Crippen molar-refractivity contribution < 1.29 is 14.3 Å². The van der Waals surface area contributed by atoms with Crippen molar-refractivity contribution in [2.24, 2.45) is 0 Å². The fourth-order valence-electron chi connectivity index (χ4n) is 5.12. The van der Waals surface area contributed by atoms with Gasteiger partial charge >= 0.3 is 0 Å². The number of thiophene rings is 1. The van der Waals surface area contributed by atoms with E-state index in [2.05, 4.69) is 97.1 Å². The zero-order valence-electron chi connectivity index (χ0n) is 19.6. The molecule has 0 unspecified atom stereocenters. The number of ether oxygens (including phenoxy) is 2. The van der Waals surface area contributed by atoms with Gasteiger partial charge in [0, 0.05) is 10.9 Å². The fraction of sp³-hybridized carbons (Fsp3) is 0.0645.